The highest BCUT2D eigenvalue weighted by molar-refractivity contribution is 5.38. The number of nitrogens with two attached hydrogens (primary N) is 1. The summed E-state index contributed by atoms with van der Waals surface area (Å²) in [4.78, 5) is 0. The van der Waals surface area contributed by atoms with Gasteiger partial charge in [-0.05, 0) is 25.3 Å². The second-order valence-electron chi connectivity index (χ2n) is 5.10. The minimum Gasteiger partial charge on any atom is -0.379 e. The van der Waals surface area contributed by atoms with E-state index in [9.17, 15) is 0 Å². The molecule has 2 aliphatic rings. The van der Waals surface area contributed by atoms with Gasteiger partial charge in [0.2, 0.25) is 0 Å². The summed E-state index contributed by atoms with van der Waals surface area (Å²) in [5, 5.41) is 0. The van der Waals surface area contributed by atoms with Gasteiger partial charge >= 0.3 is 0 Å². The van der Waals surface area contributed by atoms with Crippen molar-refractivity contribution in [2.45, 2.75) is 30.7 Å². The fourth-order valence-electron chi connectivity index (χ4n) is 2.53. The van der Waals surface area contributed by atoms with Crippen LogP contribution in [0, 0.1) is 6.92 Å². The van der Waals surface area contributed by atoms with Crippen LogP contribution in [0.5, 0.6) is 0 Å². The Morgan fingerprint density at radius 3 is 2.13 bits per heavy atom. The van der Waals surface area contributed by atoms with Crippen LogP contribution in [0.25, 0.3) is 0 Å². The molecule has 1 heterocycles. The molecule has 0 amide bonds. The summed E-state index contributed by atoms with van der Waals surface area (Å²) in [6.07, 6.45) is 2.29. The van der Waals surface area contributed by atoms with Crippen LogP contribution in [0.15, 0.2) is 24.3 Å². The van der Waals surface area contributed by atoms with Gasteiger partial charge in [-0.25, -0.2) is 0 Å². The SMILES string of the molecule is Cc1ccc(C2(C3(N)CC3)COC2)cc1. The van der Waals surface area contributed by atoms with Gasteiger partial charge in [0.05, 0.1) is 18.6 Å². The van der Waals surface area contributed by atoms with Gasteiger partial charge in [0, 0.05) is 5.54 Å². The molecule has 1 saturated heterocycles. The van der Waals surface area contributed by atoms with E-state index in [1.54, 1.807) is 0 Å². The highest BCUT2D eigenvalue weighted by Gasteiger charge is 2.61. The lowest BCUT2D eigenvalue weighted by Gasteiger charge is -2.47. The van der Waals surface area contributed by atoms with Crippen molar-refractivity contribution in [1.29, 1.82) is 0 Å². The molecule has 0 bridgehead atoms. The number of rotatable bonds is 2. The van der Waals surface area contributed by atoms with E-state index in [1.165, 1.54) is 11.1 Å². The molecule has 0 radical (unpaired) electrons. The summed E-state index contributed by atoms with van der Waals surface area (Å²) < 4.78 is 5.41. The zero-order valence-electron chi connectivity index (χ0n) is 9.12. The topological polar surface area (TPSA) is 35.2 Å². The predicted octanol–water partition coefficient (Wildman–Crippen LogP) is 1.75. The van der Waals surface area contributed by atoms with Crippen molar-refractivity contribution in [2.75, 3.05) is 13.2 Å². The van der Waals surface area contributed by atoms with Crippen molar-refractivity contribution in [3.8, 4) is 0 Å². The van der Waals surface area contributed by atoms with Crippen LogP contribution in [-0.2, 0) is 10.2 Å². The summed E-state index contributed by atoms with van der Waals surface area (Å²) in [5.41, 5.74) is 9.17. The minimum absolute atomic E-state index is 0.0144. The maximum Gasteiger partial charge on any atom is 0.0603 e. The first-order valence-electron chi connectivity index (χ1n) is 5.60. The van der Waals surface area contributed by atoms with Crippen molar-refractivity contribution in [3.05, 3.63) is 35.4 Å². The highest BCUT2D eigenvalue weighted by Crippen LogP contribution is 2.53. The monoisotopic (exact) mass is 203 g/mol. The summed E-state index contributed by atoms with van der Waals surface area (Å²) in [6, 6.07) is 8.76. The van der Waals surface area contributed by atoms with Crippen LogP contribution >= 0.6 is 0 Å². The Hall–Kier alpha value is -0.860. The van der Waals surface area contributed by atoms with E-state index >= 15 is 0 Å². The summed E-state index contributed by atoms with van der Waals surface area (Å²) in [5.74, 6) is 0. The quantitative estimate of drug-likeness (QED) is 0.794. The molecule has 2 fully saturated rings. The molecule has 15 heavy (non-hydrogen) atoms. The second-order valence-corrected chi connectivity index (χ2v) is 5.10. The number of benzene rings is 1. The van der Waals surface area contributed by atoms with Gasteiger partial charge in [-0.15, -0.1) is 0 Å². The van der Waals surface area contributed by atoms with E-state index < -0.39 is 0 Å². The third kappa shape index (κ3) is 1.18. The summed E-state index contributed by atoms with van der Waals surface area (Å²) in [6.45, 7) is 3.71. The molecule has 1 aromatic carbocycles. The van der Waals surface area contributed by atoms with Crippen molar-refractivity contribution >= 4 is 0 Å². The highest BCUT2D eigenvalue weighted by atomic mass is 16.5. The van der Waals surface area contributed by atoms with E-state index in [1.807, 2.05) is 0 Å². The van der Waals surface area contributed by atoms with E-state index in [2.05, 4.69) is 31.2 Å². The maximum atomic E-state index is 6.38. The number of ether oxygens (including phenoxy) is 1. The lowest BCUT2D eigenvalue weighted by atomic mass is 9.70. The van der Waals surface area contributed by atoms with Gasteiger partial charge in [-0.1, -0.05) is 29.8 Å². The van der Waals surface area contributed by atoms with Crippen molar-refractivity contribution in [2.24, 2.45) is 5.73 Å². The molecule has 1 aliphatic carbocycles. The first-order valence-corrected chi connectivity index (χ1v) is 5.60. The first-order chi connectivity index (χ1) is 7.16. The Balaban J connectivity index is 2.00. The van der Waals surface area contributed by atoms with Crippen LogP contribution in [0.2, 0.25) is 0 Å². The maximum absolute atomic E-state index is 6.38. The lowest BCUT2D eigenvalue weighted by molar-refractivity contribution is -0.0786. The molecule has 0 atom stereocenters. The fourth-order valence-corrected chi connectivity index (χ4v) is 2.53. The Morgan fingerprint density at radius 1 is 1.13 bits per heavy atom. The van der Waals surface area contributed by atoms with Crippen LogP contribution < -0.4 is 5.73 Å². The Labute approximate surface area is 90.4 Å². The van der Waals surface area contributed by atoms with E-state index in [-0.39, 0.29) is 11.0 Å². The van der Waals surface area contributed by atoms with Gasteiger partial charge in [0.25, 0.3) is 0 Å². The van der Waals surface area contributed by atoms with Gasteiger partial charge in [0.15, 0.2) is 0 Å². The molecule has 3 rings (SSSR count). The number of hydrogen-bond donors (Lipinski definition) is 1. The van der Waals surface area contributed by atoms with Crippen molar-refractivity contribution in [3.63, 3.8) is 0 Å². The van der Waals surface area contributed by atoms with Crippen molar-refractivity contribution in [1.82, 2.24) is 0 Å². The molecule has 2 heteroatoms. The number of hydrogen-bond acceptors (Lipinski definition) is 2. The summed E-state index contributed by atoms with van der Waals surface area (Å²) >= 11 is 0. The van der Waals surface area contributed by atoms with E-state index in [4.69, 9.17) is 10.5 Å². The summed E-state index contributed by atoms with van der Waals surface area (Å²) in [7, 11) is 0. The van der Waals surface area contributed by atoms with E-state index in [0.717, 1.165) is 26.1 Å². The normalized spacial score (nSPS) is 25.7. The van der Waals surface area contributed by atoms with Gasteiger partial charge in [0.1, 0.15) is 0 Å². The van der Waals surface area contributed by atoms with E-state index in [0.29, 0.717) is 0 Å². The smallest absolute Gasteiger partial charge is 0.0603 e. The van der Waals surface area contributed by atoms with Crippen LogP contribution in [0.1, 0.15) is 24.0 Å². The molecule has 80 valence electrons. The minimum atomic E-state index is 0.0144. The molecule has 1 aliphatic heterocycles. The Kier molecular flexibility index (Phi) is 1.77. The van der Waals surface area contributed by atoms with Crippen LogP contribution in [0.3, 0.4) is 0 Å². The lowest BCUT2D eigenvalue weighted by Crippen LogP contribution is -2.60. The molecule has 0 unspecified atom stereocenters. The van der Waals surface area contributed by atoms with Gasteiger partial charge in [-0.3, -0.25) is 0 Å². The largest absolute Gasteiger partial charge is 0.379 e. The zero-order valence-corrected chi connectivity index (χ0v) is 9.12. The third-order valence-corrected chi connectivity index (χ3v) is 4.04. The first kappa shape index (κ1) is 9.37. The molecule has 0 aromatic heterocycles. The third-order valence-electron chi connectivity index (χ3n) is 4.04. The van der Waals surface area contributed by atoms with Crippen LogP contribution in [0.4, 0.5) is 0 Å². The van der Waals surface area contributed by atoms with Crippen molar-refractivity contribution < 1.29 is 4.74 Å². The molecule has 2 N–H and O–H groups in total. The van der Waals surface area contributed by atoms with Crippen LogP contribution in [-0.4, -0.2) is 18.8 Å². The molecule has 0 spiro atoms. The fraction of sp³-hybridized carbons (Fsp3) is 0.538. The standard InChI is InChI=1S/C13H17NO/c1-10-2-4-11(5-3-10)12(8-15-9-12)13(14)6-7-13/h2-5H,6-9,14H2,1H3. The molecule has 2 nitrogen and oxygen atoms in total. The van der Waals surface area contributed by atoms with Gasteiger partial charge < -0.3 is 10.5 Å². The molecular weight excluding hydrogens is 186 g/mol. The Bertz CT molecular complexity index is 374. The molecule has 1 saturated carbocycles. The molecule has 1 aromatic rings. The predicted molar refractivity (Wildman–Crippen MR) is 59.8 cm³/mol. The van der Waals surface area contributed by atoms with Gasteiger partial charge in [-0.2, -0.15) is 0 Å². The average molecular weight is 203 g/mol. The Morgan fingerprint density at radius 2 is 1.73 bits per heavy atom. The number of aryl methyl sites for hydroxylation is 1. The molecular formula is C13H17NO. The zero-order chi connectivity index (χ0) is 10.5. The average Bonchev–Trinajstić information content (AvgIpc) is 2.86. The second kappa shape index (κ2) is 2.83.